The first-order valence-corrected chi connectivity index (χ1v) is 8.19. The molecule has 0 atom stereocenters. The molecule has 25 heavy (non-hydrogen) atoms. The van der Waals surface area contributed by atoms with Crippen LogP contribution in [0.25, 0.3) is 6.08 Å². The Labute approximate surface area is 147 Å². The quantitative estimate of drug-likeness (QED) is 0.514. The lowest BCUT2D eigenvalue weighted by molar-refractivity contribution is -0.116. The van der Waals surface area contributed by atoms with Crippen molar-refractivity contribution in [3.63, 3.8) is 0 Å². The Morgan fingerprint density at radius 3 is 2.72 bits per heavy atom. The highest BCUT2D eigenvalue weighted by atomic mass is 16.5. The molecule has 2 rings (SSSR count). The molecule has 0 aromatic heterocycles. The molecule has 0 aliphatic carbocycles. The SMILES string of the molecule is O=C(/C=C/c1cccc(OCc2ccccc2)c1)NCCOCCO. The second-order valence-electron chi connectivity index (χ2n) is 5.31. The van der Waals surface area contributed by atoms with Gasteiger partial charge in [0.1, 0.15) is 12.4 Å². The molecule has 0 saturated carbocycles. The number of carbonyl (C=O) groups excluding carboxylic acids is 1. The average Bonchev–Trinajstić information content (AvgIpc) is 2.66. The summed E-state index contributed by atoms with van der Waals surface area (Å²) in [6.45, 7) is 1.55. The van der Waals surface area contributed by atoms with Crippen molar-refractivity contribution in [2.75, 3.05) is 26.4 Å². The summed E-state index contributed by atoms with van der Waals surface area (Å²) in [5.74, 6) is 0.562. The maximum Gasteiger partial charge on any atom is 0.244 e. The molecular formula is C20H23NO4. The van der Waals surface area contributed by atoms with Crippen LogP contribution in [0.2, 0.25) is 0 Å². The predicted octanol–water partition coefficient (Wildman–Crippen LogP) is 2.40. The number of amides is 1. The van der Waals surface area contributed by atoms with Gasteiger partial charge in [-0.25, -0.2) is 0 Å². The van der Waals surface area contributed by atoms with E-state index < -0.39 is 0 Å². The summed E-state index contributed by atoms with van der Waals surface area (Å²) in [5.41, 5.74) is 1.99. The number of carbonyl (C=O) groups is 1. The maximum atomic E-state index is 11.7. The van der Waals surface area contributed by atoms with Crippen molar-refractivity contribution in [2.45, 2.75) is 6.61 Å². The standard InChI is InChI=1S/C20H23NO4/c22-12-14-24-13-11-21-20(23)10-9-17-7-4-8-19(15-17)25-16-18-5-2-1-3-6-18/h1-10,15,22H,11-14,16H2,(H,21,23)/b10-9+. The third-order valence-corrected chi connectivity index (χ3v) is 3.31. The minimum Gasteiger partial charge on any atom is -0.489 e. The number of benzene rings is 2. The zero-order chi connectivity index (χ0) is 17.7. The fraction of sp³-hybridized carbons (Fsp3) is 0.250. The Bertz CT molecular complexity index is 670. The third-order valence-electron chi connectivity index (χ3n) is 3.31. The smallest absolute Gasteiger partial charge is 0.244 e. The van der Waals surface area contributed by atoms with Gasteiger partial charge in [-0.1, -0.05) is 42.5 Å². The van der Waals surface area contributed by atoms with E-state index in [1.54, 1.807) is 6.08 Å². The summed E-state index contributed by atoms with van der Waals surface area (Å²) < 4.78 is 10.8. The Balaban J connectivity index is 1.79. The fourth-order valence-corrected chi connectivity index (χ4v) is 2.09. The molecule has 5 nitrogen and oxygen atoms in total. The van der Waals surface area contributed by atoms with Gasteiger partial charge in [0.15, 0.2) is 0 Å². The molecule has 0 heterocycles. The van der Waals surface area contributed by atoms with Gasteiger partial charge >= 0.3 is 0 Å². The van der Waals surface area contributed by atoms with Crippen LogP contribution in [0, 0.1) is 0 Å². The Kier molecular flexibility index (Phi) is 8.24. The minimum atomic E-state index is -0.191. The largest absolute Gasteiger partial charge is 0.489 e. The molecule has 2 aromatic carbocycles. The molecule has 5 heteroatoms. The highest BCUT2D eigenvalue weighted by molar-refractivity contribution is 5.91. The number of hydrogen-bond acceptors (Lipinski definition) is 4. The van der Waals surface area contributed by atoms with Gasteiger partial charge in [0, 0.05) is 12.6 Å². The number of ether oxygens (including phenoxy) is 2. The van der Waals surface area contributed by atoms with Gasteiger partial charge in [-0.3, -0.25) is 4.79 Å². The molecule has 1 amide bonds. The van der Waals surface area contributed by atoms with Crippen LogP contribution in [0.3, 0.4) is 0 Å². The van der Waals surface area contributed by atoms with Crippen LogP contribution in [-0.2, 0) is 16.1 Å². The Morgan fingerprint density at radius 2 is 1.92 bits per heavy atom. The predicted molar refractivity (Wildman–Crippen MR) is 97.2 cm³/mol. The monoisotopic (exact) mass is 341 g/mol. The van der Waals surface area contributed by atoms with Crippen LogP contribution in [0.5, 0.6) is 5.75 Å². The summed E-state index contributed by atoms with van der Waals surface area (Å²) in [6, 6.07) is 17.5. The van der Waals surface area contributed by atoms with Crippen molar-refractivity contribution in [2.24, 2.45) is 0 Å². The number of rotatable bonds is 10. The summed E-state index contributed by atoms with van der Waals surface area (Å²) in [4.78, 5) is 11.7. The highest BCUT2D eigenvalue weighted by Gasteiger charge is 1.98. The molecule has 0 unspecified atom stereocenters. The van der Waals surface area contributed by atoms with Crippen LogP contribution in [0.1, 0.15) is 11.1 Å². The van der Waals surface area contributed by atoms with Crippen molar-refractivity contribution in [1.29, 1.82) is 0 Å². The number of aliphatic hydroxyl groups is 1. The molecule has 0 spiro atoms. The van der Waals surface area contributed by atoms with Crippen LogP contribution in [0.4, 0.5) is 0 Å². The number of aliphatic hydroxyl groups excluding tert-OH is 1. The van der Waals surface area contributed by atoms with E-state index in [0.717, 1.165) is 16.9 Å². The van der Waals surface area contributed by atoms with Gasteiger partial charge in [0.25, 0.3) is 0 Å². The van der Waals surface area contributed by atoms with Crippen LogP contribution < -0.4 is 10.1 Å². The summed E-state index contributed by atoms with van der Waals surface area (Å²) in [6.07, 6.45) is 3.21. The summed E-state index contributed by atoms with van der Waals surface area (Å²) >= 11 is 0. The normalized spacial score (nSPS) is 10.8. The first-order chi connectivity index (χ1) is 12.3. The number of nitrogens with one attached hydrogen (secondary N) is 1. The van der Waals surface area contributed by atoms with E-state index in [-0.39, 0.29) is 19.1 Å². The van der Waals surface area contributed by atoms with Gasteiger partial charge in [-0.05, 0) is 29.3 Å². The van der Waals surface area contributed by atoms with Gasteiger partial charge in [-0.15, -0.1) is 0 Å². The van der Waals surface area contributed by atoms with Gasteiger partial charge in [-0.2, -0.15) is 0 Å². The second kappa shape index (κ2) is 11.0. The summed E-state index contributed by atoms with van der Waals surface area (Å²) in [5, 5.41) is 11.3. The molecule has 132 valence electrons. The molecular weight excluding hydrogens is 318 g/mol. The maximum absolute atomic E-state index is 11.7. The lowest BCUT2D eigenvalue weighted by Gasteiger charge is -2.07. The first-order valence-electron chi connectivity index (χ1n) is 8.19. The van der Waals surface area contributed by atoms with E-state index in [1.807, 2.05) is 54.6 Å². The van der Waals surface area contributed by atoms with Gasteiger partial charge in [0.2, 0.25) is 5.91 Å². The molecule has 2 N–H and O–H groups in total. The van der Waals surface area contributed by atoms with E-state index >= 15 is 0 Å². The average molecular weight is 341 g/mol. The van der Waals surface area contributed by atoms with E-state index in [4.69, 9.17) is 14.6 Å². The molecule has 0 saturated heterocycles. The molecule has 0 fully saturated rings. The third kappa shape index (κ3) is 7.65. The van der Waals surface area contributed by atoms with Crippen molar-refractivity contribution < 1.29 is 19.4 Å². The van der Waals surface area contributed by atoms with Crippen molar-refractivity contribution in [3.05, 3.63) is 71.8 Å². The molecule has 0 bridgehead atoms. The van der Waals surface area contributed by atoms with Gasteiger partial charge in [0.05, 0.1) is 19.8 Å². The van der Waals surface area contributed by atoms with E-state index in [1.165, 1.54) is 6.08 Å². The highest BCUT2D eigenvalue weighted by Crippen LogP contribution is 2.16. The van der Waals surface area contributed by atoms with Crippen molar-refractivity contribution >= 4 is 12.0 Å². The second-order valence-corrected chi connectivity index (χ2v) is 5.31. The number of hydrogen-bond donors (Lipinski definition) is 2. The van der Waals surface area contributed by atoms with E-state index in [0.29, 0.717) is 19.8 Å². The Morgan fingerprint density at radius 1 is 1.08 bits per heavy atom. The van der Waals surface area contributed by atoms with E-state index in [9.17, 15) is 4.79 Å². The van der Waals surface area contributed by atoms with Crippen LogP contribution in [-0.4, -0.2) is 37.4 Å². The van der Waals surface area contributed by atoms with Crippen molar-refractivity contribution in [1.82, 2.24) is 5.32 Å². The van der Waals surface area contributed by atoms with Crippen LogP contribution in [0.15, 0.2) is 60.7 Å². The molecule has 0 aliphatic heterocycles. The topological polar surface area (TPSA) is 67.8 Å². The molecule has 0 radical (unpaired) electrons. The summed E-state index contributed by atoms with van der Waals surface area (Å²) in [7, 11) is 0. The fourth-order valence-electron chi connectivity index (χ4n) is 2.09. The van der Waals surface area contributed by atoms with Crippen molar-refractivity contribution in [3.8, 4) is 5.75 Å². The van der Waals surface area contributed by atoms with Crippen LogP contribution >= 0.6 is 0 Å². The molecule has 0 aliphatic rings. The van der Waals surface area contributed by atoms with Gasteiger partial charge < -0.3 is 19.9 Å². The Hall–Kier alpha value is -2.63. The van der Waals surface area contributed by atoms with E-state index in [2.05, 4.69) is 5.32 Å². The minimum absolute atomic E-state index is 0.0173. The lowest BCUT2D eigenvalue weighted by Crippen LogP contribution is -2.25. The first kappa shape index (κ1) is 18.7. The zero-order valence-electron chi connectivity index (χ0n) is 14.1. The molecule has 2 aromatic rings. The zero-order valence-corrected chi connectivity index (χ0v) is 14.1. The lowest BCUT2D eigenvalue weighted by atomic mass is 10.2.